The van der Waals surface area contributed by atoms with Gasteiger partial charge in [0.05, 0.1) is 22.1 Å². The van der Waals surface area contributed by atoms with Crippen molar-refractivity contribution < 1.29 is 0 Å². The standard InChI is InChI=1S/C49H35N5/c1-4-16-34(17-5-1)48(54-49(51-54)35-18-6-2-7-19-35)50-32-33-28-30-37(31-29-33)53-43-27-15-13-25-41(43)45-44-40-24-12-14-26-42(40)52(36-20-8-3-9-21-36)46(44)38-22-10-11-23-39(38)47(45)53/h1-32,48-49,51H. The third-order valence-electron chi connectivity index (χ3n) is 10.9. The van der Waals surface area contributed by atoms with Gasteiger partial charge in [0.15, 0.2) is 0 Å². The number of hydrogen-bond acceptors (Lipinski definition) is 3. The molecule has 0 saturated carbocycles. The molecular formula is C49H35N5. The van der Waals surface area contributed by atoms with Gasteiger partial charge in [-0.2, -0.15) is 5.01 Å². The predicted molar refractivity (Wildman–Crippen MR) is 224 cm³/mol. The lowest BCUT2D eigenvalue weighted by Crippen LogP contribution is -2.10. The highest BCUT2D eigenvalue weighted by Crippen LogP contribution is 2.47. The van der Waals surface area contributed by atoms with E-state index in [4.69, 9.17) is 4.99 Å². The zero-order valence-corrected chi connectivity index (χ0v) is 29.4. The first-order valence-electron chi connectivity index (χ1n) is 18.5. The monoisotopic (exact) mass is 693 g/mol. The van der Waals surface area contributed by atoms with Crippen molar-refractivity contribution in [1.29, 1.82) is 0 Å². The van der Waals surface area contributed by atoms with E-state index in [1.807, 2.05) is 6.21 Å². The van der Waals surface area contributed by atoms with E-state index in [0.717, 1.165) is 22.5 Å². The van der Waals surface area contributed by atoms with E-state index in [0.29, 0.717) is 0 Å². The van der Waals surface area contributed by atoms with Gasteiger partial charge in [-0.25, -0.2) is 5.43 Å². The summed E-state index contributed by atoms with van der Waals surface area (Å²) in [6, 6.07) is 67.3. The van der Waals surface area contributed by atoms with Crippen LogP contribution in [-0.4, -0.2) is 20.4 Å². The Bertz CT molecular complexity index is 3020. The topological polar surface area (TPSA) is 47.2 Å². The molecule has 2 aromatic heterocycles. The number of hydrogen-bond donors (Lipinski definition) is 1. The molecule has 3 atom stereocenters. The summed E-state index contributed by atoms with van der Waals surface area (Å²) in [5.74, 6) is 0. The minimum atomic E-state index is -0.153. The number of para-hydroxylation sites is 3. The number of benzene rings is 8. The highest BCUT2D eigenvalue weighted by Gasteiger charge is 2.41. The van der Waals surface area contributed by atoms with Gasteiger partial charge in [-0.15, -0.1) is 0 Å². The normalized spacial score (nSPS) is 16.3. The van der Waals surface area contributed by atoms with E-state index >= 15 is 0 Å². The summed E-state index contributed by atoms with van der Waals surface area (Å²) in [6.07, 6.45) is 1.99. The number of aromatic nitrogens is 2. The lowest BCUT2D eigenvalue weighted by Gasteiger charge is -2.14. The molecule has 0 radical (unpaired) electrons. The fourth-order valence-electron chi connectivity index (χ4n) is 8.51. The van der Waals surface area contributed by atoms with Crippen molar-refractivity contribution in [3.05, 3.63) is 205 Å². The van der Waals surface area contributed by atoms with Gasteiger partial charge in [-0.1, -0.05) is 152 Å². The molecule has 11 rings (SSSR count). The largest absolute Gasteiger partial charge is 0.309 e. The molecule has 8 aromatic carbocycles. The predicted octanol–water partition coefficient (Wildman–Crippen LogP) is 11.7. The molecule has 3 heterocycles. The fraction of sp³-hybridized carbons (Fsp3) is 0.0408. The van der Waals surface area contributed by atoms with Crippen LogP contribution >= 0.6 is 0 Å². The second-order valence-corrected chi connectivity index (χ2v) is 14.0. The molecule has 1 N–H and O–H groups in total. The first-order valence-corrected chi connectivity index (χ1v) is 18.5. The number of rotatable bonds is 7. The van der Waals surface area contributed by atoms with Gasteiger partial charge in [0.1, 0.15) is 12.3 Å². The highest BCUT2D eigenvalue weighted by molar-refractivity contribution is 6.37. The molecular weight excluding hydrogens is 659 g/mol. The Hall–Kier alpha value is -6.79. The van der Waals surface area contributed by atoms with E-state index < -0.39 is 0 Å². The maximum Gasteiger partial charge on any atom is 0.142 e. The third-order valence-corrected chi connectivity index (χ3v) is 10.9. The number of hydrazine groups is 1. The van der Waals surface area contributed by atoms with E-state index in [9.17, 15) is 0 Å². The average molecular weight is 694 g/mol. The van der Waals surface area contributed by atoms with Crippen molar-refractivity contribution >= 4 is 60.6 Å². The zero-order valence-electron chi connectivity index (χ0n) is 29.4. The summed E-state index contributed by atoms with van der Waals surface area (Å²) in [7, 11) is 0. The molecule has 0 amide bonds. The zero-order chi connectivity index (χ0) is 35.6. The Morgan fingerprint density at radius 1 is 0.463 bits per heavy atom. The molecule has 1 saturated heterocycles. The van der Waals surface area contributed by atoms with Crippen LogP contribution in [0.2, 0.25) is 0 Å². The lowest BCUT2D eigenvalue weighted by molar-refractivity contribution is 0.372. The molecule has 256 valence electrons. The summed E-state index contributed by atoms with van der Waals surface area (Å²) < 4.78 is 4.91. The maximum atomic E-state index is 5.15. The van der Waals surface area contributed by atoms with Crippen LogP contribution in [0.4, 0.5) is 0 Å². The Morgan fingerprint density at radius 3 is 1.50 bits per heavy atom. The van der Waals surface area contributed by atoms with Crippen molar-refractivity contribution in [2.75, 3.05) is 0 Å². The van der Waals surface area contributed by atoms with Crippen LogP contribution in [0.15, 0.2) is 193 Å². The van der Waals surface area contributed by atoms with Crippen molar-refractivity contribution in [2.24, 2.45) is 4.99 Å². The number of nitrogens with one attached hydrogen (secondary N) is 1. The third kappa shape index (κ3) is 4.83. The molecule has 3 unspecified atom stereocenters. The second-order valence-electron chi connectivity index (χ2n) is 14.0. The van der Waals surface area contributed by atoms with Gasteiger partial charge in [0.25, 0.3) is 0 Å². The molecule has 1 aliphatic heterocycles. The van der Waals surface area contributed by atoms with Crippen LogP contribution in [0, 0.1) is 0 Å². The van der Waals surface area contributed by atoms with E-state index in [1.54, 1.807) is 0 Å². The number of aliphatic imine (C=N–C) groups is 1. The Labute approximate surface area is 312 Å². The molecule has 0 bridgehead atoms. The molecule has 1 aliphatic rings. The first kappa shape index (κ1) is 30.8. The number of nitrogens with zero attached hydrogens (tertiary/aromatic N) is 4. The Morgan fingerprint density at radius 2 is 0.926 bits per heavy atom. The van der Waals surface area contributed by atoms with Gasteiger partial charge in [0.2, 0.25) is 0 Å². The van der Waals surface area contributed by atoms with Crippen LogP contribution in [0.1, 0.15) is 29.0 Å². The van der Waals surface area contributed by atoms with Gasteiger partial charge >= 0.3 is 0 Å². The molecule has 0 spiro atoms. The quantitative estimate of drug-likeness (QED) is 0.133. The van der Waals surface area contributed by atoms with Crippen molar-refractivity contribution in [3.63, 3.8) is 0 Å². The van der Waals surface area contributed by atoms with Crippen LogP contribution in [0.5, 0.6) is 0 Å². The van der Waals surface area contributed by atoms with Crippen LogP contribution in [0.3, 0.4) is 0 Å². The minimum Gasteiger partial charge on any atom is -0.309 e. The summed E-state index contributed by atoms with van der Waals surface area (Å²) in [5, 5.41) is 9.74. The summed E-state index contributed by atoms with van der Waals surface area (Å²) >= 11 is 0. The van der Waals surface area contributed by atoms with Crippen molar-refractivity contribution in [3.8, 4) is 11.4 Å². The smallest absolute Gasteiger partial charge is 0.142 e. The van der Waals surface area contributed by atoms with E-state index in [2.05, 4.69) is 208 Å². The minimum absolute atomic E-state index is 0.134. The average Bonchev–Trinajstić information content (AvgIpc) is 3.85. The summed E-state index contributed by atoms with van der Waals surface area (Å²) in [6.45, 7) is 0. The Kier molecular flexibility index (Phi) is 7.08. The van der Waals surface area contributed by atoms with Crippen LogP contribution in [-0.2, 0) is 0 Å². The van der Waals surface area contributed by atoms with Crippen LogP contribution in [0.25, 0.3) is 65.8 Å². The van der Waals surface area contributed by atoms with Gasteiger partial charge in [0, 0.05) is 49.9 Å². The molecule has 5 nitrogen and oxygen atoms in total. The lowest BCUT2D eigenvalue weighted by atomic mass is 9.99. The molecule has 54 heavy (non-hydrogen) atoms. The highest BCUT2D eigenvalue weighted by atomic mass is 15.8. The van der Waals surface area contributed by atoms with Gasteiger partial charge in [-0.3, -0.25) is 4.99 Å². The van der Waals surface area contributed by atoms with E-state index in [1.165, 1.54) is 59.9 Å². The molecule has 10 aromatic rings. The second kappa shape index (κ2) is 12.4. The SMILES string of the molecule is C(=NC(c1ccccc1)N1NC1c1ccccc1)c1ccc(-n2c3ccccc3c3c4c5ccccc5n(-c5ccccc5)c4c4ccccc4c32)cc1. The van der Waals surface area contributed by atoms with Crippen LogP contribution < -0.4 is 5.43 Å². The summed E-state index contributed by atoms with van der Waals surface area (Å²) in [4.78, 5) is 5.15. The fourth-order valence-corrected chi connectivity index (χ4v) is 8.51. The van der Waals surface area contributed by atoms with Gasteiger partial charge < -0.3 is 9.13 Å². The first-order chi connectivity index (χ1) is 26.8. The van der Waals surface area contributed by atoms with E-state index in [-0.39, 0.29) is 12.3 Å². The molecule has 5 heteroatoms. The summed E-state index contributed by atoms with van der Waals surface area (Å²) in [5.41, 5.74) is 14.1. The molecule has 1 fully saturated rings. The van der Waals surface area contributed by atoms with Crippen molar-refractivity contribution in [1.82, 2.24) is 19.6 Å². The maximum absolute atomic E-state index is 5.15. The molecule has 0 aliphatic carbocycles. The number of fused-ring (bicyclic) bond motifs is 10. The van der Waals surface area contributed by atoms with Gasteiger partial charge in [-0.05, 0) is 53.1 Å². The Balaban J connectivity index is 1.08. The van der Waals surface area contributed by atoms with Crippen molar-refractivity contribution in [2.45, 2.75) is 12.3 Å².